The molecule has 1 unspecified atom stereocenters. The van der Waals surface area contributed by atoms with Crippen molar-refractivity contribution in [3.63, 3.8) is 0 Å². The number of pyridine rings is 1. The highest BCUT2D eigenvalue weighted by atomic mass is 16.2. The van der Waals surface area contributed by atoms with E-state index < -0.39 is 0 Å². The third kappa shape index (κ3) is 12.1. The van der Waals surface area contributed by atoms with Crippen molar-refractivity contribution < 1.29 is 5.11 Å². The molecule has 2 heterocycles. The second-order valence-electron chi connectivity index (χ2n) is 10.2. The molecule has 4 nitrogen and oxygen atoms in total. The molecule has 2 N–H and O–H groups in total. The first-order valence-corrected chi connectivity index (χ1v) is 13.9. The fourth-order valence-corrected chi connectivity index (χ4v) is 4.76. The van der Waals surface area contributed by atoms with Gasteiger partial charge in [-0.3, -0.25) is 0 Å². The maximum Gasteiger partial charge on any atom is 0.128 e. The Morgan fingerprint density at radius 2 is 1.89 bits per heavy atom. The molecule has 0 bridgehead atoms. The lowest BCUT2D eigenvalue weighted by Crippen LogP contribution is -2.21. The van der Waals surface area contributed by atoms with Crippen molar-refractivity contribution in [3.05, 3.63) is 66.5 Å². The van der Waals surface area contributed by atoms with Gasteiger partial charge in [0.15, 0.2) is 0 Å². The summed E-state index contributed by atoms with van der Waals surface area (Å²) in [6.45, 7) is 18.9. The van der Waals surface area contributed by atoms with Gasteiger partial charge in [-0.2, -0.15) is 0 Å². The number of hydrogen-bond acceptors (Lipinski definition) is 4. The van der Waals surface area contributed by atoms with Crippen LogP contribution in [-0.2, 0) is 0 Å². The molecule has 1 aliphatic heterocycles. The van der Waals surface area contributed by atoms with Crippen LogP contribution in [0.1, 0.15) is 96.2 Å². The molecule has 1 saturated carbocycles. The van der Waals surface area contributed by atoms with Crippen LogP contribution in [0, 0.1) is 18.8 Å². The van der Waals surface area contributed by atoms with Crippen molar-refractivity contribution in [3.8, 4) is 0 Å². The summed E-state index contributed by atoms with van der Waals surface area (Å²) >= 11 is 0. The third-order valence-electron chi connectivity index (χ3n) is 7.25. The van der Waals surface area contributed by atoms with E-state index in [0.29, 0.717) is 0 Å². The molecule has 1 aliphatic carbocycles. The van der Waals surface area contributed by atoms with E-state index in [-0.39, 0.29) is 0 Å². The van der Waals surface area contributed by atoms with Crippen LogP contribution >= 0.6 is 0 Å². The summed E-state index contributed by atoms with van der Waals surface area (Å²) in [7, 11) is 1.00. The zero-order chi connectivity index (χ0) is 26.8. The summed E-state index contributed by atoms with van der Waals surface area (Å²) in [5.41, 5.74) is 4.42. The highest BCUT2D eigenvalue weighted by molar-refractivity contribution is 5.65. The SMILES string of the molecule is C=CCCC1CCN(c2ccc(C(=C)N/C=C/CC/C(C)=C/C)c(C)n2)C1.CC1CCCCC1.CO. The molecule has 2 fully saturated rings. The highest BCUT2D eigenvalue weighted by Crippen LogP contribution is 2.27. The number of anilines is 1. The fourth-order valence-electron chi connectivity index (χ4n) is 4.76. The molecule has 1 atom stereocenters. The largest absolute Gasteiger partial charge is 0.400 e. The zero-order valence-corrected chi connectivity index (χ0v) is 23.9. The molecule has 0 aromatic carbocycles. The van der Waals surface area contributed by atoms with Crippen LogP contribution < -0.4 is 10.2 Å². The van der Waals surface area contributed by atoms with Crippen LogP contribution in [0.4, 0.5) is 5.82 Å². The van der Waals surface area contributed by atoms with E-state index in [1.165, 1.54) is 50.5 Å². The van der Waals surface area contributed by atoms with Crippen LogP contribution in [0.5, 0.6) is 0 Å². The third-order valence-corrected chi connectivity index (χ3v) is 7.25. The van der Waals surface area contributed by atoms with Gasteiger partial charge >= 0.3 is 0 Å². The molecule has 1 aromatic heterocycles. The van der Waals surface area contributed by atoms with Crippen LogP contribution in [-0.4, -0.2) is 30.3 Å². The minimum absolute atomic E-state index is 0.762. The van der Waals surface area contributed by atoms with Crippen LogP contribution in [0.2, 0.25) is 0 Å². The zero-order valence-electron chi connectivity index (χ0n) is 23.9. The maximum absolute atomic E-state index is 7.00. The summed E-state index contributed by atoms with van der Waals surface area (Å²) in [5.74, 6) is 2.88. The fraction of sp³-hybridized carbons (Fsp3) is 0.594. The number of rotatable bonds is 10. The molecule has 36 heavy (non-hydrogen) atoms. The van der Waals surface area contributed by atoms with Crippen molar-refractivity contribution in [1.82, 2.24) is 10.3 Å². The predicted molar refractivity (Wildman–Crippen MR) is 159 cm³/mol. The Balaban J connectivity index is 0.000000609. The Labute approximate surface area is 222 Å². The van der Waals surface area contributed by atoms with Crippen molar-refractivity contribution in [2.75, 3.05) is 25.1 Å². The molecule has 3 rings (SSSR count). The number of allylic oxidation sites excluding steroid dienone is 4. The van der Waals surface area contributed by atoms with E-state index >= 15 is 0 Å². The highest BCUT2D eigenvalue weighted by Gasteiger charge is 2.23. The van der Waals surface area contributed by atoms with Gasteiger partial charge in [0.2, 0.25) is 0 Å². The molecular weight excluding hydrogens is 442 g/mol. The standard InChI is InChI=1S/C24H35N3.C7H14.CH4O/c1-6-8-12-22-15-17-27(18-22)24-14-13-23(21(5)26-24)20(4)25-16-10-9-11-19(3)7-2;1-7-5-3-2-4-6-7;1-2/h6-7,10,13-14,16,22,25H,1,4,8-9,11-12,15,17-18H2,2-3,5H3;7H,2-6H2,1H3;2H,1H3/b16-10+,19-7+;;. The molecule has 2 aliphatic rings. The number of hydrogen-bond donors (Lipinski definition) is 2. The van der Waals surface area contributed by atoms with E-state index in [0.717, 1.165) is 74.1 Å². The topological polar surface area (TPSA) is 48.4 Å². The number of aromatic nitrogens is 1. The Bertz CT molecular complexity index is 821. The van der Waals surface area contributed by atoms with Crippen LogP contribution in [0.3, 0.4) is 0 Å². The molecule has 1 aromatic rings. The van der Waals surface area contributed by atoms with Crippen molar-refractivity contribution >= 4 is 11.5 Å². The lowest BCUT2D eigenvalue weighted by Gasteiger charge is -2.19. The van der Waals surface area contributed by atoms with Gasteiger partial charge in [-0.1, -0.05) is 69.4 Å². The van der Waals surface area contributed by atoms with Gasteiger partial charge in [-0.25, -0.2) is 4.98 Å². The quantitative estimate of drug-likeness (QED) is 0.321. The molecule has 0 spiro atoms. The predicted octanol–water partition coefficient (Wildman–Crippen LogP) is 8.20. The summed E-state index contributed by atoms with van der Waals surface area (Å²) < 4.78 is 0. The molecule has 0 radical (unpaired) electrons. The minimum atomic E-state index is 0.762. The normalized spacial score (nSPS) is 18.2. The van der Waals surface area contributed by atoms with E-state index in [9.17, 15) is 0 Å². The number of aryl methyl sites for hydroxylation is 1. The first-order chi connectivity index (χ1) is 17.4. The lowest BCUT2D eigenvalue weighted by atomic mass is 9.91. The number of nitrogens with one attached hydrogen (secondary N) is 1. The minimum Gasteiger partial charge on any atom is -0.400 e. The Kier molecular flexibility index (Phi) is 16.6. The van der Waals surface area contributed by atoms with Crippen molar-refractivity contribution in [1.29, 1.82) is 0 Å². The van der Waals surface area contributed by atoms with Crippen molar-refractivity contribution in [2.45, 2.75) is 91.9 Å². The second-order valence-corrected chi connectivity index (χ2v) is 10.2. The molecular formula is C32H53N3O. The molecule has 1 saturated heterocycles. The first kappa shape index (κ1) is 31.7. The average Bonchev–Trinajstić information content (AvgIpc) is 3.38. The van der Waals surface area contributed by atoms with E-state index in [4.69, 9.17) is 10.1 Å². The summed E-state index contributed by atoms with van der Waals surface area (Å²) in [6, 6.07) is 4.27. The summed E-state index contributed by atoms with van der Waals surface area (Å²) in [6.07, 6.45) is 21.5. The second kappa shape index (κ2) is 18.9. The number of nitrogens with zero attached hydrogens (tertiary/aromatic N) is 2. The summed E-state index contributed by atoms with van der Waals surface area (Å²) in [5, 5.41) is 10.3. The monoisotopic (exact) mass is 495 g/mol. The Morgan fingerprint density at radius 1 is 1.17 bits per heavy atom. The van der Waals surface area contributed by atoms with E-state index in [1.54, 1.807) is 0 Å². The van der Waals surface area contributed by atoms with Gasteiger partial charge in [-0.15, -0.1) is 6.58 Å². The number of aliphatic hydroxyl groups is 1. The van der Waals surface area contributed by atoms with Gasteiger partial charge in [0.05, 0.1) is 0 Å². The Hall–Kier alpha value is -2.33. The smallest absolute Gasteiger partial charge is 0.128 e. The van der Waals surface area contributed by atoms with Gasteiger partial charge < -0.3 is 15.3 Å². The lowest BCUT2D eigenvalue weighted by molar-refractivity contribution is 0.385. The Morgan fingerprint density at radius 3 is 2.47 bits per heavy atom. The molecule has 202 valence electrons. The van der Waals surface area contributed by atoms with E-state index in [1.807, 2.05) is 12.3 Å². The average molecular weight is 496 g/mol. The maximum atomic E-state index is 7.00. The molecule has 0 amide bonds. The van der Waals surface area contributed by atoms with Crippen LogP contribution in [0.25, 0.3) is 5.70 Å². The van der Waals surface area contributed by atoms with Gasteiger partial charge in [0.1, 0.15) is 5.82 Å². The van der Waals surface area contributed by atoms with Crippen molar-refractivity contribution in [2.24, 2.45) is 11.8 Å². The van der Waals surface area contributed by atoms with E-state index in [2.05, 4.69) is 75.4 Å². The van der Waals surface area contributed by atoms with Crippen LogP contribution in [0.15, 0.2) is 55.3 Å². The number of aliphatic hydroxyl groups excluding tert-OH is 1. The van der Waals surface area contributed by atoms with Gasteiger partial charge in [0, 0.05) is 37.2 Å². The first-order valence-electron chi connectivity index (χ1n) is 13.9. The summed E-state index contributed by atoms with van der Waals surface area (Å²) in [4.78, 5) is 7.25. The van der Waals surface area contributed by atoms with Gasteiger partial charge in [-0.05, 0) is 83.0 Å². The molecule has 4 heteroatoms. The van der Waals surface area contributed by atoms with Gasteiger partial charge in [0.25, 0.3) is 0 Å².